The molecule has 3 atom stereocenters. The lowest BCUT2D eigenvalue weighted by atomic mass is 9.69. The summed E-state index contributed by atoms with van der Waals surface area (Å²) in [4.78, 5) is 0. The van der Waals surface area contributed by atoms with Crippen molar-refractivity contribution in [3.05, 3.63) is 12.2 Å². The topological polar surface area (TPSA) is 20.2 Å². The number of hydrogen-bond acceptors (Lipinski definition) is 1. The molecule has 0 saturated heterocycles. The Balaban J connectivity index is 2.86. The Morgan fingerprint density at radius 3 is 2.69 bits per heavy atom. The van der Waals surface area contributed by atoms with Crippen molar-refractivity contribution in [1.82, 2.24) is 0 Å². The van der Waals surface area contributed by atoms with Gasteiger partial charge < -0.3 is 5.11 Å². The van der Waals surface area contributed by atoms with Crippen LogP contribution in [0.25, 0.3) is 0 Å². The number of hydrogen-bond donors (Lipinski definition) is 1. The van der Waals surface area contributed by atoms with Crippen molar-refractivity contribution < 1.29 is 5.11 Å². The fourth-order valence-electron chi connectivity index (χ4n) is 2.28. The lowest BCUT2D eigenvalue weighted by Crippen LogP contribution is -2.42. The molecule has 1 saturated carbocycles. The summed E-state index contributed by atoms with van der Waals surface area (Å²) >= 11 is 0. The van der Waals surface area contributed by atoms with Crippen LogP contribution < -0.4 is 0 Å². The van der Waals surface area contributed by atoms with Gasteiger partial charge in [0.2, 0.25) is 0 Å². The zero-order chi connectivity index (χ0) is 10.1. The van der Waals surface area contributed by atoms with Gasteiger partial charge in [0.15, 0.2) is 0 Å². The minimum absolute atomic E-state index is 0.0914. The highest BCUT2D eigenvalue weighted by Crippen LogP contribution is 2.39. The van der Waals surface area contributed by atoms with Crippen molar-refractivity contribution in [2.45, 2.75) is 38.7 Å². The van der Waals surface area contributed by atoms with Crippen molar-refractivity contribution in [3.63, 3.8) is 0 Å². The van der Waals surface area contributed by atoms with Crippen LogP contribution in [0.1, 0.15) is 33.1 Å². The molecule has 0 aromatic carbocycles. The van der Waals surface area contributed by atoms with Crippen LogP contribution in [0.2, 0.25) is 0 Å². The van der Waals surface area contributed by atoms with Crippen LogP contribution in [-0.2, 0) is 0 Å². The standard InChI is InChI=1S/C12H18O/c1-5-12(13)8-10(4)6-7-11(12)9(2)3/h1,10-11,13H,2,6-8H2,3-4H3. The van der Waals surface area contributed by atoms with Gasteiger partial charge >= 0.3 is 0 Å². The lowest BCUT2D eigenvalue weighted by molar-refractivity contribution is 0.00207. The molecular weight excluding hydrogens is 160 g/mol. The van der Waals surface area contributed by atoms with Crippen molar-refractivity contribution in [3.8, 4) is 12.3 Å². The predicted octanol–water partition coefficient (Wildman–Crippen LogP) is 2.36. The molecule has 0 aromatic rings. The summed E-state index contributed by atoms with van der Waals surface area (Å²) in [6.07, 6.45) is 8.21. The average molecular weight is 178 g/mol. The van der Waals surface area contributed by atoms with E-state index in [4.69, 9.17) is 6.42 Å². The van der Waals surface area contributed by atoms with Crippen LogP contribution in [0.15, 0.2) is 12.2 Å². The van der Waals surface area contributed by atoms with Gasteiger partial charge in [0.05, 0.1) is 0 Å². The van der Waals surface area contributed by atoms with Crippen LogP contribution in [0, 0.1) is 24.2 Å². The van der Waals surface area contributed by atoms with Gasteiger partial charge in [-0.15, -0.1) is 6.42 Å². The summed E-state index contributed by atoms with van der Waals surface area (Å²) < 4.78 is 0. The molecular formula is C12H18O. The molecule has 1 rings (SSSR count). The highest BCUT2D eigenvalue weighted by atomic mass is 16.3. The average Bonchev–Trinajstić information content (AvgIpc) is 2.03. The van der Waals surface area contributed by atoms with Gasteiger partial charge in [0.25, 0.3) is 0 Å². The summed E-state index contributed by atoms with van der Waals surface area (Å²) in [5.74, 6) is 3.15. The summed E-state index contributed by atoms with van der Waals surface area (Å²) in [6.45, 7) is 7.97. The maximum absolute atomic E-state index is 10.2. The van der Waals surface area contributed by atoms with Gasteiger partial charge in [0, 0.05) is 5.92 Å². The van der Waals surface area contributed by atoms with E-state index in [1.807, 2.05) is 6.92 Å². The normalized spacial score (nSPS) is 39.5. The molecule has 0 aliphatic heterocycles. The number of terminal acetylenes is 1. The molecule has 13 heavy (non-hydrogen) atoms. The maximum Gasteiger partial charge on any atom is 0.131 e. The Labute approximate surface area is 80.9 Å². The van der Waals surface area contributed by atoms with Gasteiger partial charge in [-0.1, -0.05) is 25.0 Å². The molecule has 1 nitrogen and oxygen atoms in total. The molecule has 0 heterocycles. The van der Waals surface area contributed by atoms with Crippen LogP contribution in [0.3, 0.4) is 0 Å². The second-order valence-electron chi connectivity index (χ2n) is 4.35. The molecule has 0 spiro atoms. The van der Waals surface area contributed by atoms with Crippen molar-refractivity contribution >= 4 is 0 Å². The van der Waals surface area contributed by atoms with Crippen molar-refractivity contribution in [2.24, 2.45) is 11.8 Å². The van der Waals surface area contributed by atoms with E-state index in [0.717, 1.165) is 18.4 Å². The fourth-order valence-corrected chi connectivity index (χ4v) is 2.28. The largest absolute Gasteiger partial charge is 0.377 e. The minimum Gasteiger partial charge on any atom is -0.377 e. The first kappa shape index (κ1) is 10.3. The highest BCUT2D eigenvalue weighted by molar-refractivity contribution is 5.20. The fraction of sp³-hybridized carbons (Fsp3) is 0.667. The van der Waals surface area contributed by atoms with Gasteiger partial charge in [0.1, 0.15) is 5.60 Å². The van der Waals surface area contributed by atoms with E-state index in [9.17, 15) is 5.11 Å². The number of rotatable bonds is 1. The molecule has 1 aliphatic rings. The smallest absolute Gasteiger partial charge is 0.131 e. The Kier molecular flexibility index (Phi) is 2.83. The monoisotopic (exact) mass is 178 g/mol. The highest BCUT2D eigenvalue weighted by Gasteiger charge is 2.40. The Bertz CT molecular complexity index is 248. The molecule has 0 bridgehead atoms. The SMILES string of the molecule is C#CC1(O)CC(C)CCC1C(=C)C. The molecule has 0 radical (unpaired) electrons. The first-order valence-corrected chi connectivity index (χ1v) is 4.85. The molecule has 0 amide bonds. The third-order valence-electron chi connectivity index (χ3n) is 3.03. The maximum atomic E-state index is 10.2. The summed E-state index contributed by atoms with van der Waals surface area (Å²) in [6, 6.07) is 0. The molecule has 3 unspecified atom stereocenters. The summed E-state index contributed by atoms with van der Waals surface area (Å²) in [5, 5.41) is 10.2. The van der Waals surface area contributed by atoms with Crippen LogP contribution in [0.4, 0.5) is 0 Å². The lowest BCUT2D eigenvalue weighted by Gasteiger charge is -2.39. The summed E-state index contributed by atoms with van der Waals surface area (Å²) in [5.41, 5.74) is 0.0658. The van der Waals surface area contributed by atoms with Crippen LogP contribution in [0.5, 0.6) is 0 Å². The van der Waals surface area contributed by atoms with E-state index in [0.29, 0.717) is 12.3 Å². The van der Waals surface area contributed by atoms with Gasteiger partial charge in [-0.2, -0.15) is 0 Å². The van der Waals surface area contributed by atoms with Crippen molar-refractivity contribution in [2.75, 3.05) is 0 Å². The van der Waals surface area contributed by atoms with Crippen molar-refractivity contribution in [1.29, 1.82) is 0 Å². The molecule has 72 valence electrons. The van der Waals surface area contributed by atoms with Gasteiger partial charge in [-0.25, -0.2) is 0 Å². The number of aliphatic hydroxyl groups is 1. The van der Waals surface area contributed by atoms with E-state index in [1.54, 1.807) is 0 Å². The predicted molar refractivity (Wildman–Crippen MR) is 55.1 cm³/mol. The zero-order valence-corrected chi connectivity index (χ0v) is 8.51. The van der Waals surface area contributed by atoms with E-state index >= 15 is 0 Å². The third kappa shape index (κ3) is 1.95. The third-order valence-corrected chi connectivity index (χ3v) is 3.03. The first-order chi connectivity index (χ1) is 5.99. The molecule has 1 fully saturated rings. The Morgan fingerprint density at radius 2 is 2.23 bits per heavy atom. The van der Waals surface area contributed by atoms with Crippen LogP contribution >= 0.6 is 0 Å². The van der Waals surface area contributed by atoms with Crippen LogP contribution in [-0.4, -0.2) is 10.7 Å². The van der Waals surface area contributed by atoms with Gasteiger partial charge in [-0.05, 0) is 32.1 Å². The van der Waals surface area contributed by atoms with E-state index in [-0.39, 0.29) is 5.92 Å². The van der Waals surface area contributed by atoms with Gasteiger partial charge in [-0.3, -0.25) is 0 Å². The second kappa shape index (κ2) is 3.55. The second-order valence-corrected chi connectivity index (χ2v) is 4.35. The summed E-state index contributed by atoms with van der Waals surface area (Å²) in [7, 11) is 0. The quantitative estimate of drug-likeness (QED) is 0.483. The van der Waals surface area contributed by atoms with E-state index in [2.05, 4.69) is 19.4 Å². The Hall–Kier alpha value is -0.740. The molecule has 1 heteroatoms. The van der Waals surface area contributed by atoms with E-state index in [1.165, 1.54) is 0 Å². The van der Waals surface area contributed by atoms with E-state index < -0.39 is 5.60 Å². The first-order valence-electron chi connectivity index (χ1n) is 4.85. The molecule has 1 aliphatic carbocycles. The minimum atomic E-state index is -0.941. The Morgan fingerprint density at radius 1 is 1.62 bits per heavy atom. The zero-order valence-electron chi connectivity index (χ0n) is 8.51. The molecule has 1 N–H and O–H groups in total. The molecule has 0 aromatic heterocycles.